The smallest absolute Gasteiger partial charge is 0.239 e. The Morgan fingerprint density at radius 2 is 2.60 bits per heavy atom. The van der Waals surface area contributed by atoms with Gasteiger partial charge in [0.2, 0.25) is 5.91 Å². The molecule has 1 aromatic rings. The fraction of sp³-hybridized carbons (Fsp3) is 0.400. The van der Waals surface area contributed by atoms with Crippen molar-refractivity contribution < 1.29 is 4.79 Å². The lowest BCUT2D eigenvalue weighted by Crippen LogP contribution is -2.18. The van der Waals surface area contributed by atoms with Gasteiger partial charge in [0.05, 0.1) is 0 Å². The van der Waals surface area contributed by atoms with Crippen molar-refractivity contribution in [2.24, 2.45) is 5.73 Å². The van der Waals surface area contributed by atoms with Crippen LogP contribution in [0.3, 0.4) is 0 Å². The first kappa shape index (κ1) is 6.73. The number of primary amides is 1. The molecule has 0 saturated heterocycles. The molecule has 0 bridgehead atoms. The molecule has 1 aromatic heterocycles. The summed E-state index contributed by atoms with van der Waals surface area (Å²) in [5, 5.41) is 3.86. The Labute approximate surface area is 57.9 Å². The van der Waals surface area contributed by atoms with Crippen molar-refractivity contribution in [3.05, 3.63) is 12.2 Å². The highest BCUT2D eigenvalue weighted by Gasteiger charge is 1.97. The molecule has 0 atom stereocenters. The summed E-state index contributed by atoms with van der Waals surface area (Å²) in [6.07, 6.45) is 1.47. The lowest BCUT2D eigenvalue weighted by atomic mass is 10.6. The number of aromatic nitrogens is 3. The first-order valence-electron chi connectivity index (χ1n) is 2.83. The van der Waals surface area contributed by atoms with Gasteiger partial charge in [-0.2, -0.15) is 5.10 Å². The molecule has 0 unspecified atom stereocenters. The molecule has 5 heteroatoms. The van der Waals surface area contributed by atoms with Crippen molar-refractivity contribution in [3.8, 4) is 0 Å². The van der Waals surface area contributed by atoms with Gasteiger partial charge < -0.3 is 5.73 Å². The monoisotopic (exact) mass is 140 g/mol. The molecule has 2 N–H and O–H groups in total. The SMILES string of the molecule is Cc1ncn(CC(N)=O)n1. The Bertz CT molecular complexity index is 242. The Morgan fingerprint density at radius 3 is 3.00 bits per heavy atom. The van der Waals surface area contributed by atoms with Gasteiger partial charge in [0, 0.05) is 0 Å². The maximum absolute atomic E-state index is 10.3. The van der Waals surface area contributed by atoms with E-state index in [1.165, 1.54) is 11.0 Å². The number of nitrogens with zero attached hydrogens (tertiary/aromatic N) is 3. The molecular weight excluding hydrogens is 132 g/mol. The van der Waals surface area contributed by atoms with E-state index in [-0.39, 0.29) is 6.54 Å². The third-order valence-electron chi connectivity index (χ3n) is 0.969. The number of carbonyl (C=O) groups is 1. The van der Waals surface area contributed by atoms with Crippen LogP contribution in [-0.2, 0) is 11.3 Å². The number of aryl methyl sites for hydroxylation is 1. The van der Waals surface area contributed by atoms with E-state index in [0.717, 1.165) is 0 Å². The van der Waals surface area contributed by atoms with Gasteiger partial charge in [0.15, 0.2) is 0 Å². The molecule has 0 radical (unpaired) electrons. The quantitative estimate of drug-likeness (QED) is 0.576. The van der Waals surface area contributed by atoms with Crippen LogP contribution in [0.2, 0.25) is 0 Å². The zero-order valence-corrected chi connectivity index (χ0v) is 5.61. The molecule has 10 heavy (non-hydrogen) atoms. The van der Waals surface area contributed by atoms with Crippen molar-refractivity contribution in [1.29, 1.82) is 0 Å². The van der Waals surface area contributed by atoms with Gasteiger partial charge in [-0.15, -0.1) is 0 Å². The molecule has 0 aliphatic carbocycles. The van der Waals surface area contributed by atoms with Gasteiger partial charge >= 0.3 is 0 Å². The van der Waals surface area contributed by atoms with E-state index in [1.54, 1.807) is 6.92 Å². The highest BCUT2D eigenvalue weighted by molar-refractivity contribution is 5.73. The molecule has 54 valence electrons. The molecule has 0 aromatic carbocycles. The second kappa shape index (κ2) is 2.47. The van der Waals surface area contributed by atoms with Crippen molar-refractivity contribution in [3.63, 3.8) is 0 Å². The topological polar surface area (TPSA) is 73.8 Å². The highest BCUT2D eigenvalue weighted by atomic mass is 16.1. The summed E-state index contributed by atoms with van der Waals surface area (Å²) in [4.78, 5) is 14.1. The maximum Gasteiger partial charge on any atom is 0.239 e. The predicted molar refractivity (Wildman–Crippen MR) is 34.0 cm³/mol. The van der Waals surface area contributed by atoms with E-state index < -0.39 is 5.91 Å². The Kier molecular flexibility index (Phi) is 1.66. The fourth-order valence-electron chi connectivity index (χ4n) is 0.624. The van der Waals surface area contributed by atoms with Crippen molar-refractivity contribution in [2.75, 3.05) is 0 Å². The van der Waals surface area contributed by atoms with E-state index in [1.807, 2.05) is 0 Å². The summed E-state index contributed by atoms with van der Waals surface area (Å²) >= 11 is 0. The first-order chi connectivity index (χ1) is 4.68. The van der Waals surface area contributed by atoms with Gasteiger partial charge in [-0.25, -0.2) is 9.67 Å². The molecule has 0 aliphatic heterocycles. The summed E-state index contributed by atoms with van der Waals surface area (Å²) < 4.78 is 1.40. The lowest BCUT2D eigenvalue weighted by Gasteiger charge is -1.91. The van der Waals surface area contributed by atoms with E-state index in [4.69, 9.17) is 5.73 Å². The van der Waals surface area contributed by atoms with Crippen LogP contribution in [0.5, 0.6) is 0 Å². The molecule has 1 rings (SSSR count). The molecule has 0 spiro atoms. The first-order valence-corrected chi connectivity index (χ1v) is 2.83. The molecule has 0 aliphatic rings. The van der Waals surface area contributed by atoms with Crippen LogP contribution in [-0.4, -0.2) is 20.7 Å². The van der Waals surface area contributed by atoms with Crippen LogP contribution < -0.4 is 5.73 Å². The van der Waals surface area contributed by atoms with Gasteiger partial charge in [-0.3, -0.25) is 4.79 Å². The minimum atomic E-state index is -0.412. The standard InChI is InChI=1S/C5H8N4O/c1-4-7-3-9(8-4)2-5(6)10/h3H,2H2,1H3,(H2,6,10). The number of hydrogen-bond acceptors (Lipinski definition) is 3. The second-order valence-electron chi connectivity index (χ2n) is 1.96. The Balaban J connectivity index is 2.67. The molecule has 0 saturated carbocycles. The lowest BCUT2D eigenvalue weighted by molar-refractivity contribution is -0.118. The van der Waals surface area contributed by atoms with Crippen LogP contribution in [0.15, 0.2) is 6.33 Å². The summed E-state index contributed by atoms with van der Waals surface area (Å²) in [6.45, 7) is 1.85. The van der Waals surface area contributed by atoms with E-state index in [2.05, 4.69) is 10.1 Å². The minimum Gasteiger partial charge on any atom is -0.368 e. The number of hydrogen-bond donors (Lipinski definition) is 1. The number of amides is 1. The van der Waals surface area contributed by atoms with Crippen LogP contribution in [0, 0.1) is 6.92 Å². The zero-order valence-electron chi connectivity index (χ0n) is 5.61. The Hall–Kier alpha value is -1.39. The molecule has 1 heterocycles. The van der Waals surface area contributed by atoms with Crippen LogP contribution in [0.4, 0.5) is 0 Å². The van der Waals surface area contributed by atoms with E-state index >= 15 is 0 Å². The van der Waals surface area contributed by atoms with Gasteiger partial charge in [0.25, 0.3) is 0 Å². The van der Waals surface area contributed by atoms with Crippen LogP contribution in [0.25, 0.3) is 0 Å². The third kappa shape index (κ3) is 1.54. The Morgan fingerprint density at radius 1 is 1.90 bits per heavy atom. The molecule has 0 fully saturated rings. The van der Waals surface area contributed by atoms with Crippen molar-refractivity contribution >= 4 is 5.91 Å². The summed E-state index contributed by atoms with van der Waals surface area (Å²) in [5.74, 6) is 0.228. The largest absolute Gasteiger partial charge is 0.368 e. The number of nitrogens with two attached hydrogens (primary N) is 1. The van der Waals surface area contributed by atoms with Gasteiger partial charge in [-0.05, 0) is 6.92 Å². The van der Waals surface area contributed by atoms with Gasteiger partial charge in [0.1, 0.15) is 18.7 Å². The molecule has 1 amide bonds. The average molecular weight is 140 g/mol. The summed E-state index contributed by atoms with van der Waals surface area (Å²) in [7, 11) is 0. The number of carbonyl (C=O) groups excluding carboxylic acids is 1. The second-order valence-corrected chi connectivity index (χ2v) is 1.96. The normalized spacial score (nSPS) is 9.70. The molecular formula is C5H8N4O. The highest BCUT2D eigenvalue weighted by Crippen LogP contribution is 1.84. The van der Waals surface area contributed by atoms with Crippen molar-refractivity contribution in [1.82, 2.24) is 14.8 Å². The van der Waals surface area contributed by atoms with E-state index in [0.29, 0.717) is 5.82 Å². The van der Waals surface area contributed by atoms with Crippen LogP contribution in [0.1, 0.15) is 5.82 Å². The minimum absolute atomic E-state index is 0.0981. The van der Waals surface area contributed by atoms with E-state index in [9.17, 15) is 4.79 Å². The summed E-state index contributed by atoms with van der Waals surface area (Å²) in [5.41, 5.74) is 4.91. The third-order valence-corrected chi connectivity index (χ3v) is 0.969. The fourth-order valence-corrected chi connectivity index (χ4v) is 0.624. The predicted octanol–water partition coefficient (Wildman–Crippen LogP) is -0.928. The maximum atomic E-state index is 10.3. The summed E-state index contributed by atoms with van der Waals surface area (Å²) in [6, 6.07) is 0. The zero-order chi connectivity index (χ0) is 7.56. The number of rotatable bonds is 2. The average Bonchev–Trinajstić information content (AvgIpc) is 2.13. The van der Waals surface area contributed by atoms with Crippen molar-refractivity contribution in [2.45, 2.75) is 13.5 Å². The van der Waals surface area contributed by atoms with Gasteiger partial charge in [-0.1, -0.05) is 0 Å². The molecule has 5 nitrogen and oxygen atoms in total. The van der Waals surface area contributed by atoms with Crippen LogP contribution >= 0.6 is 0 Å².